The van der Waals surface area contributed by atoms with Crippen LogP contribution in [0.5, 0.6) is 0 Å². The highest BCUT2D eigenvalue weighted by atomic mass is 19.1. The van der Waals surface area contributed by atoms with Crippen molar-refractivity contribution in [2.45, 2.75) is 0 Å². The molecule has 0 aliphatic heterocycles. The Morgan fingerprint density at radius 3 is 2.89 bits per heavy atom. The summed E-state index contributed by atoms with van der Waals surface area (Å²) < 4.78 is 14.7. The Balaban J connectivity index is 2.69. The summed E-state index contributed by atoms with van der Waals surface area (Å²) >= 11 is 0. The van der Waals surface area contributed by atoms with Gasteiger partial charge in [-0.1, -0.05) is 0 Å². The van der Waals surface area contributed by atoms with E-state index in [1.165, 1.54) is 22.8 Å². The molecule has 3 aromatic rings. The van der Waals surface area contributed by atoms with E-state index in [2.05, 4.69) is 10.2 Å². The number of aryl methyl sites for hydroxylation is 1. The van der Waals surface area contributed by atoms with E-state index in [4.69, 9.17) is 5.11 Å². The Labute approximate surface area is 105 Å². The van der Waals surface area contributed by atoms with Crippen molar-refractivity contribution in [3.05, 3.63) is 40.1 Å². The van der Waals surface area contributed by atoms with Gasteiger partial charge in [0.2, 0.25) is 0 Å². The Morgan fingerprint density at radius 2 is 2.21 bits per heavy atom. The number of hydrogen-bond donors (Lipinski definition) is 2. The highest BCUT2D eigenvalue weighted by Crippen LogP contribution is 2.28. The van der Waals surface area contributed by atoms with Gasteiger partial charge in [-0.05, 0) is 18.2 Å². The molecule has 6 nitrogen and oxygen atoms in total. The summed E-state index contributed by atoms with van der Waals surface area (Å²) in [6.07, 6.45) is 0. The largest absolute Gasteiger partial charge is 0.476 e. The van der Waals surface area contributed by atoms with Crippen molar-refractivity contribution < 1.29 is 14.3 Å². The van der Waals surface area contributed by atoms with Crippen LogP contribution in [-0.2, 0) is 7.05 Å². The fourth-order valence-corrected chi connectivity index (χ4v) is 2.29. The molecule has 0 fully saturated rings. The van der Waals surface area contributed by atoms with E-state index in [1.54, 1.807) is 7.05 Å². The van der Waals surface area contributed by atoms with Gasteiger partial charge in [0.05, 0.1) is 5.52 Å². The van der Waals surface area contributed by atoms with E-state index in [1.807, 2.05) is 0 Å². The van der Waals surface area contributed by atoms with Crippen LogP contribution < -0.4 is 5.56 Å². The second-order valence-corrected chi connectivity index (χ2v) is 4.15. The second kappa shape index (κ2) is 3.64. The maximum Gasteiger partial charge on any atom is 0.357 e. The van der Waals surface area contributed by atoms with Gasteiger partial charge in [0, 0.05) is 17.8 Å². The fraction of sp³-hybridized carbons (Fsp3) is 0.0833. The lowest BCUT2D eigenvalue weighted by atomic mass is 10.1. The Bertz CT molecular complexity index is 894. The van der Waals surface area contributed by atoms with E-state index in [9.17, 15) is 14.0 Å². The minimum Gasteiger partial charge on any atom is -0.476 e. The normalized spacial score (nSPS) is 11.3. The lowest BCUT2D eigenvalue weighted by Crippen LogP contribution is -2.15. The van der Waals surface area contributed by atoms with Gasteiger partial charge in [0.25, 0.3) is 5.56 Å². The monoisotopic (exact) mass is 261 g/mol. The predicted molar refractivity (Wildman–Crippen MR) is 65.8 cm³/mol. The first-order valence-corrected chi connectivity index (χ1v) is 5.40. The number of aromatic carboxylic acids is 1. The van der Waals surface area contributed by atoms with Gasteiger partial charge in [-0.15, -0.1) is 0 Å². The number of carboxylic acids is 1. The zero-order valence-corrected chi connectivity index (χ0v) is 9.77. The number of aromatic amines is 1. The number of carbonyl (C=O) groups is 1. The van der Waals surface area contributed by atoms with Crippen LogP contribution >= 0.6 is 0 Å². The molecular weight excluding hydrogens is 253 g/mol. The zero-order chi connectivity index (χ0) is 13.7. The van der Waals surface area contributed by atoms with Crippen LogP contribution in [0.25, 0.3) is 21.8 Å². The molecule has 0 aliphatic rings. The van der Waals surface area contributed by atoms with Crippen molar-refractivity contribution in [3.63, 3.8) is 0 Å². The summed E-state index contributed by atoms with van der Waals surface area (Å²) in [5.74, 6) is -1.71. The van der Waals surface area contributed by atoms with E-state index in [-0.39, 0.29) is 16.6 Å². The number of benzene rings is 1. The summed E-state index contributed by atoms with van der Waals surface area (Å²) in [6, 6.07) is 3.91. The molecule has 0 radical (unpaired) electrons. The summed E-state index contributed by atoms with van der Waals surface area (Å²) in [4.78, 5) is 23.0. The first-order chi connectivity index (χ1) is 9.00. The third-order valence-electron chi connectivity index (χ3n) is 3.09. The first-order valence-electron chi connectivity index (χ1n) is 5.40. The number of rotatable bonds is 1. The second-order valence-electron chi connectivity index (χ2n) is 4.15. The summed E-state index contributed by atoms with van der Waals surface area (Å²) in [5.41, 5.74) is -0.171. The lowest BCUT2D eigenvalue weighted by molar-refractivity contribution is 0.0691. The number of nitrogens with one attached hydrogen (secondary N) is 1. The number of halogens is 1. The molecule has 0 amide bonds. The maximum absolute atomic E-state index is 13.3. The highest BCUT2D eigenvalue weighted by molar-refractivity contribution is 6.15. The van der Waals surface area contributed by atoms with Crippen LogP contribution in [0.15, 0.2) is 23.0 Å². The van der Waals surface area contributed by atoms with E-state index < -0.39 is 17.3 Å². The topological polar surface area (TPSA) is 88.0 Å². The summed E-state index contributed by atoms with van der Waals surface area (Å²) in [7, 11) is 1.57. The number of fused-ring (bicyclic) bond motifs is 3. The Kier molecular flexibility index (Phi) is 2.19. The van der Waals surface area contributed by atoms with Crippen LogP contribution in [0.4, 0.5) is 4.39 Å². The van der Waals surface area contributed by atoms with E-state index in [0.29, 0.717) is 10.9 Å². The average Bonchev–Trinajstić information content (AvgIpc) is 2.64. The van der Waals surface area contributed by atoms with Gasteiger partial charge in [0.15, 0.2) is 5.69 Å². The SMILES string of the molecule is Cn1c2cc(F)ccc2c2c(C(=O)O)n[nH]c(=O)c21. The molecule has 0 atom stereocenters. The highest BCUT2D eigenvalue weighted by Gasteiger charge is 2.20. The molecule has 7 heteroatoms. The van der Waals surface area contributed by atoms with E-state index in [0.717, 1.165) is 0 Å². The van der Waals surface area contributed by atoms with Crippen molar-refractivity contribution in [1.82, 2.24) is 14.8 Å². The number of aromatic nitrogens is 3. The minimum atomic E-state index is -1.25. The molecule has 0 aliphatic carbocycles. The van der Waals surface area contributed by atoms with Gasteiger partial charge >= 0.3 is 5.97 Å². The zero-order valence-electron chi connectivity index (χ0n) is 9.77. The third kappa shape index (κ3) is 1.44. The maximum atomic E-state index is 13.3. The van der Waals surface area contributed by atoms with Crippen LogP contribution in [-0.4, -0.2) is 25.8 Å². The van der Waals surface area contributed by atoms with Crippen LogP contribution in [0.3, 0.4) is 0 Å². The number of nitrogens with zero attached hydrogens (tertiary/aromatic N) is 2. The number of H-pyrrole nitrogens is 1. The number of carboxylic acid groups (broad SMARTS) is 1. The molecule has 0 spiro atoms. The molecule has 0 saturated carbocycles. The smallest absolute Gasteiger partial charge is 0.357 e. The molecule has 0 saturated heterocycles. The molecule has 0 bridgehead atoms. The molecule has 2 aromatic heterocycles. The number of hydrogen-bond acceptors (Lipinski definition) is 3. The lowest BCUT2D eigenvalue weighted by Gasteiger charge is -1.97. The molecule has 96 valence electrons. The van der Waals surface area contributed by atoms with Crippen molar-refractivity contribution in [2.75, 3.05) is 0 Å². The van der Waals surface area contributed by atoms with Gasteiger partial charge in [-0.3, -0.25) is 4.79 Å². The van der Waals surface area contributed by atoms with Crippen molar-refractivity contribution in [1.29, 1.82) is 0 Å². The van der Waals surface area contributed by atoms with Gasteiger partial charge in [0.1, 0.15) is 11.3 Å². The first kappa shape index (κ1) is 11.4. The minimum absolute atomic E-state index is 0.160. The molecule has 3 rings (SSSR count). The molecule has 19 heavy (non-hydrogen) atoms. The standard InChI is InChI=1S/C12H8FN3O3/c1-16-7-4-5(13)2-3-6(7)8-9(12(18)19)14-15-11(17)10(8)16/h2-4H,1H3,(H,15,17)(H,18,19). The van der Waals surface area contributed by atoms with Gasteiger partial charge in [-0.2, -0.15) is 5.10 Å². The van der Waals surface area contributed by atoms with E-state index >= 15 is 0 Å². The summed E-state index contributed by atoms with van der Waals surface area (Å²) in [5, 5.41) is 15.5. The van der Waals surface area contributed by atoms with Crippen molar-refractivity contribution in [3.8, 4) is 0 Å². The summed E-state index contributed by atoms with van der Waals surface area (Å²) in [6.45, 7) is 0. The Morgan fingerprint density at radius 1 is 1.47 bits per heavy atom. The van der Waals surface area contributed by atoms with Gasteiger partial charge < -0.3 is 9.67 Å². The quantitative estimate of drug-likeness (QED) is 0.690. The molecule has 2 N–H and O–H groups in total. The fourth-order valence-electron chi connectivity index (χ4n) is 2.29. The van der Waals surface area contributed by atoms with Crippen LogP contribution in [0.2, 0.25) is 0 Å². The Hall–Kier alpha value is -2.70. The molecule has 2 heterocycles. The van der Waals surface area contributed by atoms with Crippen LogP contribution in [0.1, 0.15) is 10.5 Å². The van der Waals surface area contributed by atoms with Crippen LogP contribution in [0, 0.1) is 5.82 Å². The molecular formula is C12H8FN3O3. The van der Waals surface area contributed by atoms with Crippen molar-refractivity contribution in [2.24, 2.45) is 7.05 Å². The predicted octanol–water partition coefficient (Wildman–Crippen LogP) is 1.25. The molecule has 0 unspecified atom stereocenters. The van der Waals surface area contributed by atoms with Crippen molar-refractivity contribution >= 4 is 27.8 Å². The third-order valence-corrected chi connectivity index (χ3v) is 3.09. The molecule has 1 aromatic carbocycles. The van der Waals surface area contributed by atoms with Gasteiger partial charge in [-0.25, -0.2) is 14.3 Å². The average molecular weight is 261 g/mol.